The van der Waals surface area contributed by atoms with Gasteiger partial charge in [-0.1, -0.05) is 43.5 Å². The number of halogens is 1. The Morgan fingerprint density at radius 2 is 1.55 bits per heavy atom. The monoisotopic (exact) mass is 478 g/mol. The number of benzene rings is 2. The number of hydrogen-bond donors (Lipinski definition) is 3. The number of hydroxylamine groups is 1. The van der Waals surface area contributed by atoms with Gasteiger partial charge in [0, 0.05) is 6.54 Å². The van der Waals surface area contributed by atoms with E-state index in [2.05, 4.69) is 0 Å². The summed E-state index contributed by atoms with van der Waals surface area (Å²) in [5.74, 6) is -2.80. The van der Waals surface area contributed by atoms with E-state index in [0.717, 1.165) is 23.6 Å². The fraction of sp³-hybridized carbons (Fsp3) is 0.391. The Kier molecular flexibility index (Phi) is 8.17. The minimum atomic E-state index is -4.27. The van der Waals surface area contributed by atoms with Crippen molar-refractivity contribution in [3.8, 4) is 11.1 Å². The number of nitrogens with one attached hydrogen (secondary N) is 1. The van der Waals surface area contributed by atoms with Gasteiger partial charge in [-0.05, 0) is 54.2 Å². The Morgan fingerprint density at radius 3 is 2.06 bits per heavy atom. The maximum absolute atomic E-state index is 13.6. The average molecular weight is 479 g/mol. The molecule has 8 nitrogen and oxygen atoms in total. The number of hydrogen-bond acceptors (Lipinski definition) is 5. The van der Waals surface area contributed by atoms with Crippen molar-refractivity contribution in [3.63, 3.8) is 0 Å². The maximum Gasteiger partial charge on any atom is 0.304 e. The first-order valence-electron chi connectivity index (χ1n) is 10.8. The zero-order valence-corrected chi connectivity index (χ0v) is 18.8. The van der Waals surface area contributed by atoms with Crippen molar-refractivity contribution in [1.82, 2.24) is 9.79 Å². The lowest BCUT2D eigenvalue weighted by atomic mass is 9.83. The highest BCUT2D eigenvalue weighted by atomic mass is 32.2. The van der Waals surface area contributed by atoms with E-state index < -0.39 is 40.9 Å². The molecule has 3 N–H and O–H groups in total. The molecule has 1 unspecified atom stereocenters. The number of aliphatic carboxylic acids is 1. The van der Waals surface area contributed by atoms with Crippen molar-refractivity contribution in [3.05, 3.63) is 54.3 Å². The van der Waals surface area contributed by atoms with Crippen LogP contribution in [0.1, 0.15) is 38.5 Å². The Hall–Kier alpha value is -2.82. The topological polar surface area (TPSA) is 124 Å². The van der Waals surface area contributed by atoms with Crippen LogP contribution in [0.15, 0.2) is 53.4 Å². The van der Waals surface area contributed by atoms with Crippen LogP contribution < -0.4 is 5.48 Å². The summed E-state index contributed by atoms with van der Waals surface area (Å²) in [6, 6.07) is 10.4. The lowest BCUT2D eigenvalue weighted by Crippen LogP contribution is -2.53. The number of carboxylic acid groups (broad SMARTS) is 1. The first-order valence-corrected chi connectivity index (χ1v) is 12.2. The zero-order chi connectivity index (χ0) is 24.0. The molecule has 1 fully saturated rings. The van der Waals surface area contributed by atoms with Gasteiger partial charge in [-0.2, -0.15) is 4.31 Å². The molecule has 1 amide bonds. The van der Waals surface area contributed by atoms with E-state index in [4.69, 9.17) is 0 Å². The van der Waals surface area contributed by atoms with Crippen LogP contribution in [0.3, 0.4) is 0 Å². The Balaban J connectivity index is 1.97. The number of carbonyl (C=O) groups is 2. The molecule has 3 rings (SSSR count). The van der Waals surface area contributed by atoms with E-state index in [1.807, 2.05) is 0 Å². The number of nitrogens with zero attached hydrogens (tertiary/aromatic N) is 1. The summed E-state index contributed by atoms with van der Waals surface area (Å²) in [5.41, 5.74) is 2.93. The minimum Gasteiger partial charge on any atom is -0.481 e. The molecule has 0 heterocycles. The molecule has 1 aliphatic carbocycles. The van der Waals surface area contributed by atoms with Gasteiger partial charge in [-0.25, -0.2) is 18.3 Å². The summed E-state index contributed by atoms with van der Waals surface area (Å²) in [5, 5.41) is 18.5. The first kappa shape index (κ1) is 24.8. The zero-order valence-electron chi connectivity index (χ0n) is 18.0. The van der Waals surface area contributed by atoms with E-state index >= 15 is 0 Å². The molecule has 0 radical (unpaired) electrons. The maximum atomic E-state index is 13.6. The van der Waals surface area contributed by atoms with Gasteiger partial charge in [0.05, 0.1) is 11.3 Å². The van der Waals surface area contributed by atoms with Crippen LogP contribution in [-0.4, -0.2) is 47.5 Å². The summed E-state index contributed by atoms with van der Waals surface area (Å²) in [6.07, 6.45) is 3.31. The summed E-state index contributed by atoms with van der Waals surface area (Å²) in [4.78, 5) is 23.7. The van der Waals surface area contributed by atoms with Gasteiger partial charge in [-0.3, -0.25) is 14.8 Å². The van der Waals surface area contributed by atoms with E-state index in [1.54, 1.807) is 29.7 Å². The van der Waals surface area contributed by atoms with Crippen LogP contribution in [0, 0.1) is 11.7 Å². The standard InChI is InChI=1S/C23H27FN2O6S/c24-19-10-6-16(7-11-19)17-8-12-20(13-9-17)33(31,32)26(15-14-21(27)28)22(23(29)25-30)18-4-2-1-3-5-18/h6-13,18,22,30H,1-5,14-15H2,(H,25,29)(H,27,28). The second kappa shape index (κ2) is 10.9. The van der Waals surface area contributed by atoms with Gasteiger partial charge in [0.2, 0.25) is 10.0 Å². The van der Waals surface area contributed by atoms with Crippen molar-refractivity contribution in [2.75, 3.05) is 6.54 Å². The van der Waals surface area contributed by atoms with Crippen molar-refractivity contribution in [2.24, 2.45) is 5.92 Å². The highest BCUT2D eigenvalue weighted by Crippen LogP contribution is 2.33. The predicted molar refractivity (Wildman–Crippen MR) is 118 cm³/mol. The second-order valence-corrected chi connectivity index (χ2v) is 10.0. The molecule has 0 aromatic heterocycles. The minimum absolute atomic E-state index is 0.106. The molecule has 0 aliphatic heterocycles. The number of rotatable bonds is 9. The number of amides is 1. The first-order chi connectivity index (χ1) is 15.7. The Labute approximate surface area is 192 Å². The average Bonchev–Trinajstić information content (AvgIpc) is 2.82. The molecule has 0 spiro atoms. The molecule has 0 bridgehead atoms. The molecule has 2 aromatic rings. The molecule has 1 aliphatic rings. The quantitative estimate of drug-likeness (QED) is 0.375. The van der Waals surface area contributed by atoms with Gasteiger partial charge in [0.25, 0.3) is 5.91 Å². The van der Waals surface area contributed by atoms with Crippen LogP contribution >= 0.6 is 0 Å². The number of sulfonamides is 1. The van der Waals surface area contributed by atoms with Crippen molar-refractivity contribution < 1.29 is 32.7 Å². The van der Waals surface area contributed by atoms with E-state index in [-0.39, 0.29) is 16.6 Å². The number of carbonyl (C=O) groups excluding carboxylic acids is 1. The molecule has 0 saturated heterocycles. The normalized spacial score (nSPS) is 15.8. The van der Waals surface area contributed by atoms with Crippen molar-refractivity contribution in [1.29, 1.82) is 0 Å². The van der Waals surface area contributed by atoms with Crippen LogP contribution in [-0.2, 0) is 19.6 Å². The van der Waals surface area contributed by atoms with Crippen LogP contribution in [0.4, 0.5) is 4.39 Å². The summed E-state index contributed by atoms with van der Waals surface area (Å²) in [6.45, 7) is -0.411. The largest absolute Gasteiger partial charge is 0.481 e. The molecule has 33 heavy (non-hydrogen) atoms. The van der Waals surface area contributed by atoms with Gasteiger partial charge in [0.15, 0.2) is 0 Å². The van der Waals surface area contributed by atoms with Crippen LogP contribution in [0.25, 0.3) is 11.1 Å². The predicted octanol–water partition coefficient (Wildman–Crippen LogP) is 3.41. The summed E-state index contributed by atoms with van der Waals surface area (Å²) in [7, 11) is -4.27. The summed E-state index contributed by atoms with van der Waals surface area (Å²) < 4.78 is 41.2. The Morgan fingerprint density at radius 1 is 1.00 bits per heavy atom. The third kappa shape index (κ3) is 5.95. The molecule has 1 atom stereocenters. The summed E-state index contributed by atoms with van der Waals surface area (Å²) >= 11 is 0. The van der Waals surface area contributed by atoms with Gasteiger partial charge in [-0.15, -0.1) is 0 Å². The van der Waals surface area contributed by atoms with E-state index in [9.17, 15) is 32.7 Å². The fourth-order valence-electron chi connectivity index (χ4n) is 4.31. The molecule has 2 aromatic carbocycles. The highest BCUT2D eigenvalue weighted by Gasteiger charge is 2.41. The highest BCUT2D eigenvalue weighted by molar-refractivity contribution is 7.89. The molecule has 178 valence electrons. The number of carboxylic acids is 1. The third-order valence-corrected chi connectivity index (χ3v) is 7.86. The molecular weight excluding hydrogens is 451 g/mol. The van der Waals surface area contributed by atoms with Gasteiger partial charge < -0.3 is 5.11 Å². The van der Waals surface area contributed by atoms with Crippen LogP contribution in [0.5, 0.6) is 0 Å². The smallest absolute Gasteiger partial charge is 0.304 e. The SMILES string of the molecule is O=C(O)CCN(C(C(=O)NO)C1CCCCC1)S(=O)(=O)c1ccc(-c2ccc(F)cc2)cc1. The van der Waals surface area contributed by atoms with Gasteiger partial charge in [0.1, 0.15) is 11.9 Å². The van der Waals surface area contributed by atoms with Crippen LogP contribution in [0.2, 0.25) is 0 Å². The van der Waals surface area contributed by atoms with E-state index in [1.165, 1.54) is 24.3 Å². The Bertz CT molecular complexity index is 1070. The molecule has 10 heteroatoms. The lowest BCUT2D eigenvalue weighted by molar-refractivity contribution is -0.139. The van der Waals surface area contributed by atoms with Gasteiger partial charge >= 0.3 is 5.97 Å². The van der Waals surface area contributed by atoms with Crippen molar-refractivity contribution in [2.45, 2.75) is 49.5 Å². The third-order valence-electron chi connectivity index (χ3n) is 5.97. The fourth-order valence-corrected chi connectivity index (χ4v) is 5.96. The van der Waals surface area contributed by atoms with E-state index in [0.29, 0.717) is 24.0 Å². The second-order valence-electron chi connectivity index (χ2n) is 8.11. The molecular formula is C23H27FN2O6S. The lowest BCUT2D eigenvalue weighted by Gasteiger charge is -2.36. The van der Waals surface area contributed by atoms with Crippen molar-refractivity contribution >= 4 is 21.9 Å². The molecule has 1 saturated carbocycles.